The number of hydrogen-bond donors (Lipinski definition) is 0. The van der Waals surface area contributed by atoms with E-state index in [9.17, 15) is 0 Å². The molecular formula is C12H8BrClN4. The van der Waals surface area contributed by atoms with E-state index in [-0.39, 0.29) is 0 Å². The summed E-state index contributed by atoms with van der Waals surface area (Å²) in [4.78, 5) is 8.15. The molecule has 0 aliphatic carbocycles. The lowest BCUT2D eigenvalue weighted by Crippen LogP contribution is -2.02. The minimum atomic E-state index is 0.431. The summed E-state index contributed by atoms with van der Waals surface area (Å²) in [7, 11) is 0. The molecule has 0 saturated carbocycles. The van der Waals surface area contributed by atoms with Gasteiger partial charge in [-0.25, -0.2) is 14.6 Å². The maximum absolute atomic E-state index is 5.99. The van der Waals surface area contributed by atoms with E-state index in [1.807, 2.05) is 22.9 Å². The second-order valence-electron chi connectivity index (χ2n) is 3.83. The first-order valence-electron chi connectivity index (χ1n) is 5.30. The van der Waals surface area contributed by atoms with Gasteiger partial charge in [-0.05, 0) is 17.7 Å². The predicted octanol–water partition coefficient (Wildman–Crippen LogP) is 3.29. The lowest BCUT2D eigenvalue weighted by atomic mass is 10.2. The summed E-state index contributed by atoms with van der Waals surface area (Å²) in [6.45, 7) is 0.649. The minimum absolute atomic E-state index is 0.431. The molecule has 2 aromatic heterocycles. The predicted molar refractivity (Wildman–Crippen MR) is 73.6 cm³/mol. The third kappa shape index (κ3) is 2.11. The molecule has 0 amide bonds. The molecule has 0 saturated heterocycles. The Morgan fingerprint density at radius 2 is 2.17 bits per heavy atom. The number of fused-ring (bicyclic) bond motifs is 1. The van der Waals surface area contributed by atoms with Crippen LogP contribution in [0.15, 0.2) is 41.3 Å². The maximum atomic E-state index is 5.99. The van der Waals surface area contributed by atoms with Gasteiger partial charge in [0.2, 0.25) is 0 Å². The van der Waals surface area contributed by atoms with E-state index in [0.29, 0.717) is 11.7 Å². The summed E-state index contributed by atoms with van der Waals surface area (Å²) < 4.78 is 2.86. The molecule has 0 aliphatic heterocycles. The summed E-state index contributed by atoms with van der Waals surface area (Å²) >= 11 is 9.44. The van der Waals surface area contributed by atoms with Crippen molar-refractivity contribution < 1.29 is 0 Å². The van der Waals surface area contributed by atoms with Crippen LogP contribution in [0.3, 0.4) is 0 Å². The van der Waals surface area contributed by atoms with Gasteiger partial charge in [0.25, 0.3) is 0 Å². The van der Waals surface area contributed by atoms with E-state index in [1.165, 1.54) is 6.33 Å². The average Bonchev–Trinajstić information content (AvgIpc) is 2.74. The van der Waals surface area contributed by atoms with Crippen molar-refractivity contribution in [3.63, 3.8) is 0 Å². The minimum Gasteiger partial charge on any atom is -0.243 e. The highest BCUT2D eigenvalue weighted by Crippen LogP contribution is 2.19. The second kappa shape index (κ2) is 4.66. The molecule has 6 heteroatoms. The number of hydrogen-bond acceptors (Lipinski definition) is 3. The summed E-state index contributed by atoms with van der Waals surface area (Å²) in [6.07, 6.45) is 3.14. The number of halogens is 2. The van der Waals surface area contributed by atoms with Gasteiger partial charge in [-0.1, -0.05) is 39.7 Å². The van der Waals surface area contributed by atoms with Crippen LogP contribution in [-0.2, 0) is 6.54 Å². The highest BCUT2D eigenvalue weighted by molar-refractivity contribution is 9.10. The average molecular weight is 324 g/mol. The first-order valence-corrected chi connectivity index (χ1v) is 6.47. The van der Waals surface area contributed by atoms with Crippen LogP contribution in [0.25, 0.3) is 11.0 Å². The molecule has 0 fully saturated rings. The molecule has 3 rings (SSSR count). The van der Waals surface area contributed by atoms with Gasteiger partial charge in [-0.3, -0.25) is 0 Å². The van der Waals surface area contributed by atoms with Crippen LogP contribution in [0.1, 0.15) is 5.56 Å². The van der Waals surface area contributed by atoms with Crippen molar-refractivity contribution in [3.8, 4) is 0 Å². The van der Waals surface area contributed by atoms with Gasteiger partial charge in [0, 0.05) is 4.47 Å². The van der Waals surface area contributed by atoms with Crippen LogP contribution in [-0.4, -0.2) is 19.7 Å². The molecule has 0 aliphatic rings. The van der Waals surface area contributed by atoms with Gasteiger partial charge in [0.15, 0.2) is 5.65 Å². The Kier molecular flexibility index (Phi) is 3.01. The van der Waals surface area contributed by atoms with Crippen molar-refractivity contribution in [2.75, 3.05) is 0 Å². The Labute approximate surface area is 117 Å². The quantitative estimate of drug-likeness (QED) is 0.680. The Morgan fingerprint density at radius 1 is 1.28 bits per heavy atom. The zero-order valence-electron chi connectivity index (χ0n) is 9.22. The van der Waals surface area contributed by atoms with E-state index < -0.39 is 0 Å². The monoisotopic (exact) mass is 322 g/mol. The standard InChI is InChI=1S/C12H8BrClN4/c13-9-3-1-2-8(4-9)6-18-12-10(5-17-18)11(14)15-7-16-12/h1-5,7H,6H2. The van der Waals surface area contributed by atoms with Crippen molar-refractivity contribution >= 4 is 38.6 Å². The smallest absolute Gasteiger partial charge is 0.162 e. The molecule has 18 heavy (non-hydrogen) atoms. The summed E-state index contributed by atoms with van der Waals surface area (Å²) in [6, 6.07) is 8.08. The lowest BCUT2D eigenvalue weighted by molar-refractivity contribution is 0.703. The van der Waals surface area contributed by atoms with Crippen molar-refractivity contribution in [1.82, 2.24) is 19.7 Å². The van der Waals surface area contributed by atoms with Crippen molar-refractivity contribution in [1.29, 1.82) is 0 Å². The van der Waals surface area contributed by atoms with Gasteiger partial charge >= 0.3 is 0 Å². The Hall–Kier alpha value is -1.46. The van der Waals surface area contributed by atoms with E-state index in [0.717, 1.165) is 21.1 Å². The van der Waals surface area contributed by atoms with Gasteiger partial charge in [-0.2, -0.15) is 5.10 Å². The molecule has 0 unspecified atom stereocenters. The van der Waals surface area contributed by atoms with Crippen LogP contribution in [0.5, 0.6) is 0 Å². The lowest BCUT2D eigenvalue weighted by Gasteiger charge is -2.03. The van der Waals surface area contributed by atoms with Gasteiger partial charge < -0.3 is 0 Å². The molecule has 0 radical (unpaired) electrons. The van der Waals surface area contributed by atoms with Crippen LogP contribution < -0.4 is 0 Å². The van der Waals surface area contributed by atoms with Crippen molar-refractivity contribution in [3.05, 3.63) is 52.0 Å². The molecule has 0 spiro atoms. The molecule has 0 atom stereocenters. The molecular weight excluding hydrogens is 316 g/mol. The molecule has 90 valence electrons. The largest absolute Gasteiger partial charge is 0.243 e. The SMILES string of the molecule is Clc1ncnc2c1cnn2Cc1cccc(Br)c1. The molecule has 2 heterocycles. The number of rotatable bonds is 2. The number of nitrogens with zero attached hydrogens (tertiary/aromatic N) is 4. The van der Waals surface area contributed by atoms with Gasteiger partial charge in [0.05, 0.1) is 18.1 Å². The zero-order chi connectivity index (χ0) is 12.5. The van der Waals surface area contributed by atoms with Crippen LogP contribution in [0, 0.1) is 0 Å². The zero-order valence-corrected chi connectivity index (χ0v) is 11.6. The van der Waals surface area contributed by atoms with E-state index in [4.69, 9.17) is 11.6 Å². The Bertz CT molecular complexity index is 710. The summed E-state index contributed by atoms with van der Waals surface area (Å²) in [5.41, 5.74) is 1.89. The Balaban J connectivity index is 2.03. The molecule has 3 aromatic rings. The van der Waals surface area contributed by atoms with Gasteiger partial charge in [0.1, 0.15) is 11.5 Å². The van der Waals surface area contributed by atoms with Crippen molar-refractivity contribution in [2.24, 2.45) is 0 Å². The topological polar surface area (TPSA) is 43.6 Å². The van der Waals surface area contributed by atoms with E-state index in [2.05, 4.69) is 37.1 Å². The van der Waals surface area contributed by atoms with E-state index >= 15 is 0 Å². The van der Waals surface area contributed by atoms with Crippen LogP contribution in [0.2, 0.25) is 5.15 Å². The fourth-order valence-electron chi connectivity index (χ4n) is 1.79. The molecule has 1 aromatic carbocycles. The summed E-state index contributed by atoms with van der Waals surface area (Å²) in [5, 5.41) is 5.50. The molecule has 4 nitrogen and oxygen atoms in total. The van der Waals surface area contributed by atoms with Gasteiger partial charge in [-0.15, -0.1) is 0 Å². The normalized spacial score (nSPS) is 11.0. The van der Waals surface area contributed by atoms with Crippen LogP contribution in [0.4, 0.5) is 0 Å². The number of benzene rings is 1. The Morgan fingerprint density at radius 3 is 3.00 bits per heavy atom. The third-order valence-corrected chi connectivity index (χ3v) is 3.40. The molecule has 0 N–H and O–H groups in total. The third-order valence-electron chi connectivity index (χ3n) is 2.61. The fourth-order valence-corrected chi connectivity index (χ4v) is 2.41. The van der Waals surface area contributed by atoms with Crippen LogP contribution >= 0.6 is 27.5 Å². The first-order chi connectivity index (χ1) is 8.74. The summed E-state index contributed by atoms with van der Waals surface area (Å²) in [5.74, 6) is 0. The van der Waals surface area contributed by atoms with E-state index in [1.54, 1.807) is 6.20 Å². The fraction of sp³-hybridized carbons (Fsp3) is 0.0833. The second-order valence-corrected chi connectivity index (χ2v) is 5.11. The highest BCUT2D eigenvalue weighted by atomic mass is 79.9. The first kappa shape index (κ1) is 11.6. The maximum Gasteiger partial charge on any atom is 0.162 e. The highest BCUT2D eigenvalue weighted by Gasteiger charge is 2.08. The van der Waals surface area contributed by atoms with Crippen molar-refractivity contribution in [2.45, 2.75) is 6.54 Å². The number of aromatic nitrogens is 4. The molecule has 0 bridgehead atoms.